The fourth-order valence-electron chi connectivity index (χ4n) is 5.06. The largest absolute Gasteiger partial charge is 4.00 e. The van der Waals surface area contributed by atoms with Crippen LogP contribution in [0.1, 0.15) is 51.4 Å². The van der Waals surface area contributed by atoms with Gasteiger partial charge in [0.05, 0.1) is 0 Å². The van der Waals surface area contributed by atoms with Crippen molar-refractivity contribution < 1.29 is 101 Å². The molecule has 9 nitrogen and oxygen atoms in total. The molecule has 0 unspecified atom stereocenters. The van der Waals surface area contributed by atoms with Crippen LogP contribution in [0.5, 0.6) is 0 Å². The molecule has 4 aliphatic rings. The van der Waals surface area contributed by atoms with Crippen LogP contribution in [0.25, 0.3) is 13.9 Å². The summed E-state index contributed by atoms with van der Waals surface area (Å²) in [5.74, 6) is 0. The van der Waals surface area contributed by atoms with Crippen LogP contribution in [0.2, 0.25) is 118 Å². The average Bonchev–Trinajstić information content (AvgIpc) is 3.79. The molecule has 4 rings (SSSR count). The second-order valence-corrected chi connectivity index (χ2v) is 47.4. The molecule has 4 saturated heterocycles. The van der Waals surface area contributed by atoms with Crippen molar-refractivity contribution in [3.8, 4) is 0 Å². The van der Waals surface area contributed by atoms with E-state index in [9.17, 15) is 0 Å². The van der Waals surface area contributed by atoms with Crippen molar-refractivity contribution in [3.63, 3.8) is 0 Å². The molecule has 0 aromatic carbocycles. The molecule has 0 aromatic rings. The first-order chi connectivity index (χ1) is 23.1. The van der Waals surface area contributed by atoms with Crippen LogP contribution in [0.15, 0.2) is 0 Å². The van der Waals surface area contributed by atoms with E-state index in [1.807, 2.05) is 0 Å². The van der Waals surface area contributed by atoms with Gasteiger partial charge in [0.25, 0.3) is 0 Å². The number of hydrogen-bond acceptors (Lipinski definition) is 6. The molecule has 0 N–H and O–H groups in total. The van der Waals surface area contributed by atoms with E-state index in [4.69, 9.17) is 56.6 Å². The summed E-state index contributed by atoms with van der Waals surface area (Å²) in [6.07, 6.45) is 10.2. The Morgan fingerprint density at radius 2 is 0.396 bits per heavy atom. The minimum atomic E-state index is -1.11. The maximum atomic E-state index is 6.25. The topological polar surface area (TPSA) is 127 Å². The van der Waals surface area contributed by atoms with Crippen molar-refractivity contribution >= 4 is 49.4 Å². The Labute approximate surface area is 405 Å². The molecule has 53 heavy (non-hydrogen) atoms. The van der Waals surface area contributed by atoms with Gasteiger partial charge in [0.2, 0.25) is 0 Å². The average molecular weight is 1100 g/mol. The molecule has 0 aromatic heterocycles. The molecular weight excluding hydrogens is 1010 g/mol. The smallest absolute Gasteiger partial charge is 0.668 e. The van der Waals surface area contributed by atoms with Gasteiger partial charge < -0.3 is 56.6 Å². The normalized spacial score (nSPS) is 16.3. The molecule has 0 saturated carbocycles. The number of ether oxygens (including phenoxy) is 4. The zero-order chi connectivity index (χ0) is 41.3. The number of rotatable bonds is 6. The van der Waals surface area contributed by atoms with Gasteiger partial charge in [-0.25, -0.2) is 0 Å². The molecular formula is C36H86KN5O4Si6U. The van der Waals surface area contributed by atoms with Crippen molar-refractivity contribution in [1.82, 2.24) is 0 Å². The summed E-state index contributed by atoms with van der Waals surface area (Å²) in [7, 11) is -6.64. The van der Waals surface area contributed by atoms with Crippen molar-refractivity contribution in [2.24, 2.45) is 0 Å². The first-order valence-corrected chi connectivity index (χ1v) is 39.8. The predicted octanol–water partition coefficient (Wildman–Crippen LogP) is 9.47. The van der Waals surface area contributed by atoms with E-state index in [1.165, 1.54) is 51.4 Å². The molecule has 0 aliphatic carbocycles. The standard InChI is InChI=1S/3C6H18NSi2.4C4H8O.2CN.K.U/c3*1-8(2,3)7-9(4,5)6;4*1-2-4-5-3-1;2*1-2;;/h3*1-6H3;4*1-4H2;;;;/q3*-1;;;;;2*-1;+1;+4. The summed E-state index contributed by atoms with van der Waals surface area (Å²) < 4.78 is 34.2. The van der Waals surface area contributed by atoms with Gasteiger partial charge in [-0.2, -0.15) is 0 Å². The number of nitrogens with zero attached hydrogens (tertiary/aromatic N) is 5. The van der Waals surface area contributed by atoms with Crippen LogP contribution in [0.4, 0.5) is 0 Å². The zero-order valence-electron chi connectivity index (χ0n) is 38.7. The van der Waals surface area contributed by atoms with Crippen LogP contribution in [-0.2, 0) is 18.9 Å². The summed E-state index contributed by atoms with van der Waals surface area (Å²) >= 11 is 0. The van der Waals surface area contributed by atoms with Gasteiger partial charge >= 0.3 is 82.5 Å². The SMILES string of the molecule is C1CCOC1.C1CCOC1.C1CCOC1.C1CCOC1.C[Si](C)(C)[N-][Si](C)(C)C.C[Si](C)(C)[N-][Si](C)(C)C.C[Si](C)(C)[N-][Si](C)(C)C.[C-]#N.[C-]#N.[K+].[U+4]. The van der Waals surface area contributed by atoms with Crippen molar-refractivity contribution in [2.45, 2.75) is 169 Å². The summed E-state index contributed by atoms with van der Waals surface area (Å²) in [4.78, 5) is 0. The van der Waals surface area contributed by atoms with Gasteiger partial charge in [-0.15, -0.1) is 0 Å². The van der Waals surface area contributed by atoms with Crippen LogP contribution in [-0.4, -0.2) is 102 Å². The second kappa shape index (κ2) is 41.4. The van der Waals surface area contributed by atoms with Gasteiger partial charge in [0.15, 0.2) is 0 Å². The fourth-order valence-corrected chi connectivity index (χ4v) is 29.2. The monoisotopic (exact) mass is 1100 g/mol. The van der Waals surface area contributed by atoms with Crippen molar-refractivity contribution in [3.05, 3.63) is 27.1 Å². The summed E-state index contributed by atoms with van der Waals surface area (Å²) in [6, 6.07) is 0. The summed E-state index contributed by atoms with van der Waals surface area (Å²) in [6.45, 7) is 58.8. The Bertz CT molecular complexity index is 608. The third-order valence-corrected chi connectivity index (χ3v) is 21.4. The van der Waals surface area contributed by atoms with Gasteiger partial charge in [-0.3, -0.25) is 0 Å². The first kappa shape index (κ1) is 70.3. The summed E-state index contributed by atoms with van der Waals surface area (Å²) in [5, 5.41) is 12.5. The molecule has 0 bridgehead atoms. The second-order valence-electron chi connectivity index (χ2n) is 18.6. The molecule has 4 fully saturated rings. The molecule has 17 heteroatoms. The van der Waals surface area contributed by atoms with Crippen molar-refractivity contribution in [2.75, 3.05) is 52.9 Å². The van der Waals surface area contributed by atoms with E-state index in [0.29, 0.717) is 0 Å². The third kappa shape index (κ3) is 91.7. The van der Waals surface area contributed by atoms with Crippen LogP contribution < -0.4 is 51.4 Å². The van der Waals surface area contributed by atoms with E-state index in [2.05, 4.69) is 118 Å². The molecule has 0 amide bonds. The van der Waals surface area contributed by atoms with E-state index >= 15 is 0 Å². The minimum absolute atomic E-state index is 0. The van der Waals surface area contributed by atoms with E-state index < -0.39 is 49.4 Å². The van der Waals surface area contributed by atoms with E-state index in [0.717, 1.165) is 52.9 Å². The van der Waals surface area contributed by atoms with Crippen LogP contribution in [0.3, 0.4) is 0 Å². The van der Waals surface area contributed by atoms with E-state index in [1.54, 1.807) is 0 Å². The number of hydrogen-bond donors (Lipinski definition) is 0. The molecule has 4 aliphatic heterocycles. The van der Waals surface area contributed by atoms with Gasteiger partial charge in [0, 0.05) is 52.9 Å². The van der Waals surface area contributed by atoms with Gasteiger partial charge in [-0.05, 0) is 51.4 Å². The molecule has 0 atom stereocenters. The fraction of sp³-hybridized carbons (Fsp3) is 0.944. The Hall–Kier alpha value is 2.69. The maximum absolute atomic E-state index is 6.25. The quantitative estimate of drug-likeness (QED) is 0.193. The van der Waals surface area contributed by atoms with Gasteiger partial charge in [-0.1, -0.05) is 167 Å². The van der Waals surface area contributed by atoms with Crippen LogP contribution >= 0.6 is 0 Å². The zero-order valence-corrected chi connectivity index (χ0v) is 52.0. The molecule has 4 heterocycles. The predicted molar refractivity (Wildman–Crippen MR) is 240 cm³/mol. The Balaban J connectivity index is -0.0000000921. The first-order valence-electron chi connectivity index (χ1n) is 19.1. The molecule has 308 valence electrons. The maximum Gasteiger partial charge on any atom is 4.00 e. The van der Waals surface area contributed by atoms with Crippen molar-refractivity contribution in [1.29, 1.82) is 10.5 Å². The van der Waals surface area contributed by atoms with E-state index in [-0.39, 0.29) is 82.5 Å². The minimum Gasteiger partial charge on any atom is -0.668 e. The molecule has 0 radical (unpaired) electrons. The molecule has 0 spiro atoms. The van der Waals surface area contributed by atoms with Gasteiger partial charge in [0.1, 0.15) is 0 Å². The van der Waals surface area contributed by atoms with Crippen LogP contribution in [0, 0.1) is 54.8 Å². The Morgan fingerprint density at radius 1 is 0.302 bits per heavy atom. The Morgan fingerprint density at radius 3 is 0.415 bits per heavy atom. The Kier molecular flexibility index (Phi) is 54.9. The summed E-state index contributed by atoms with van der Waals surface area (Å²) in [5.41, 5.74) is 0. The third-order valence-electron chi connectivity index (χ3n) is 5.32.